The largest absolute Gasteiger partial charge is 0.295 e. The third-order valence-corrected chi connectivity index (χ3v) is 2.19. The molecular weight excluding hydrogens is 191 g/mol. The Morgan fingerprint density at radius 2 is 1.87 bits per heavy atom. The average molecular weight is 204 g/mol. The minimum absolute atomic E-state index is 0.0353. The number of carbonyl (C=O) groups is 1. The molecule has 78 valence electrons. The Kier molecular flexibility index (Phi) is 3.56. The van der Waals surface area contributed by atoms with Gasteiger partial charge in [-0.15, -0.1) is 0 Å². The van der Waals surface area contributed by atoms with Crippen molar-refractivity contribution in [3.05, 3.63) is 53.9 Å². The Bertz CT molecular complexity index is 413. The molecule has 0 aromatic heterocycles. The number of carbonyl (C=O) groups excluding carboxylic acids is 1. The lowest BCUT2D eigenvalue weighted by Crippen LogP contribution is -1.98. The lowest BCUT2D eigenvalue weighted by atomic mass is 9.97. The van der Waals surface area contributed by atoms with Gasteiger partial charge in [-0.25, -0.2) is 4.39 Å². The summed E-state index contributed by atoms with van der Waals surface area (Å²) in [5, 5.41) is 0. The second-order valence-corrected chi connectivity index (χ2v) is 3.24. The highest BCUT2D eigenvalue weighted by atomic mass is 19.1. The summed E-state index contributed by atoms with van der Waals surface area (Å²) in [6.07, 6.45) is 1.72. The highest BCUT2D eigenvalue weighted by molar-refractivity contribution is 6.08. The van der Waals surface area contributed by atoms with Gasteiger partial charge in [0.25, 0.3) is 0 Å². The van der Waals surface area contributed by atoms with Crippen LogP contribution in [0.25, 0.3) is 5.57 Å². The highest BCUT2D eigenvalue weighted by Gasteiger charge is 2.08. The summed E-state index contributed by atoms with van der Waals surface area (Å²) in [4.78, 5) is 11.3. The van der Waals surface area contributed by atoms with Crippen molar-refractivity contribution in [2.24, 2.45) is 0 Å². The van der Waals surface area contributed by atoms with E-state index in [0.29, 0.717) is 11.1 Å². The molecule has 0 aliphatic rings. The second-order valence-electron chi connectivity index (χ2n) is 3.24. The fourth-order valence-electron chi connectivity index (χ4n) is 1.40. The number of halogens is 1. The molecule has 1 aromatic rings. The lowest BCUT2D eigenvalue weighted by molar-refractivity contribution is -0.113. The number of benzene rings is 1. The van der Waals surface area contributed by atoms with Crippen molar-refractivity contribution < 1.29 is 9.18 Å². The first-order chi connectivity index (χ1) is 7.06. The van der Waals surface area contributed by atoms with Crippen LogP contribution < -0.4 is 0 Å². The van der Waals surface area contributed by atoms with E-state index in [2.05, 4.69) is 6.58 Å². The molecule has 0 bridgehead atoms. The molecule has 1 nitrogen and oxygen atoms in total. The number of allylic oxidation sites excluding steroid dienone is 3. The van der Waals surface area contributed by atoms with E-state index >= 15 is 0 Å². The van der Waals surface area contributed by atoms with Gasteiger partial charge < -0.3 is 0 Å². The van der Waals surface area contributed by atoms with E-state index in [1.807, 2.05) is 0 Å². The molecule has 1 aromatic carbocycles. The van der Waals surface area contributed by atoms with Crippen molar-refractivity contribution in [3.8, 4) is 0 Å². The lowest BCUT2D eigenvalue weighted by Gasteiger charge is -2.07. The van der Waals surface area contributed by atoms with Crippen LogP contribution >= 0.6 is 0 Å². The summed E-state index contributed by atoms with van der Waals surface area (Å²) < 4.78 is 12.7. The molecule has 0 saturated carbocycles. The van der Waals surface area contributed by atoms with Gasteiger partial charge in [-0.2, -0.15) is 0 Å². The molecule has 0 fully saturated rings. The smallest absolute Gasteiger partial charge is 0.160 e. The van der Waals surface area contributed by atoms with Gasteiger partial charge in [-0.1, -0.05) is 24.8 Å². The van der Waals surface area contributed by atoms with Crippen LogP contribution in [0.4, 0.5) is 4.39 Å². The molecule has 0 spiro atoms. The van der Waals surface area contributed by atoms with Gasteiger partial charge in [-0.3, -0.25) is 4.79 Å². The van der Waals surface area contributed by atoms with Gasteiger partial charge in [0, 0.05) is 5.57 Å². The van der Waals surface area contributed by atoms with Crippen LogP contribution in [0.2, 0.25) is 0 Å². The van der Waals surface area contributed by atoms with Crippen molar-refractivity contribution in [1.29, 1.82) is 0 Å². The first-order valence-electron chi connectivity index (χ1n) is 4.68. The SMILES string of the molecule is C=C(/C(=C\C)C(C)=O)c1ccc(F)cc1. The van der Waals surface area contributed by atoms with Crippen LogP contribution in [0.15, 0.2) is 42.5 Å². The van der Waals surface area contributed by atoms with Gasteiger partial charge in [0.2, 0.25) is 0 Å². The predicted molar refractivity (Wildman–Crippen MR) is 59.9 cm³/mol. The predicted octanol–water partition coefficient (Wildman–Crippen LogP) is 3.37. The number of hydrogen-bond donors (Lipinski definition) is 0. The van der Waals surface area contributed by atoms with Gasteiger partial charge in [0.05, 0.1) is 0 Å². The van der Waals surface area contributed by atoms with Crippen LogP contribution in [0.1, 0.15) is 19.4 Å². The van der Waals surface area contributed by atoms with Crippen LogP contribution in [0.3, 0.4) is 0 Å². The van der Waals surface area contributed by atoms with Crippen molar-refractivity contribution >= 4 is 11.4 Å². The minimum Gasteiger partial charge on any atom is -0.295 e. The Labute approximate surface area is 88.9 Å². The van der Waals surface area contributed by atoms with Crippen molar-refractivity contribution in [3.63, 3.8) is 0 Å². The highest BCUT2D eigenvalue weighted by Crippen LogP contribution is 2.21. The molecule has 0 N–H and O–H groups in total. The van der Waals surface area contributed by atoms with Crippen LogP contribution in [-0.2, 0) is 4.79 Å². The maximum absolute atomic E-state index is 12.7. The van der Waals surface area contributed by atoms with E-state index < -0.39 is 0 Å². The molecule has 0 amide bonds. The molecule has 0 saturated heterocycles. The van der Waals surface area contributed by atoms with Gasteiger partial charge in [0.1, 0.15) is 5.82 Å². The summed E-state index contributed by atoms with van der Waals surface area (Å²) >= 11 is 0. The summed E-state index contributed by atoms with van der Waals surface area (Å²) in [5.74, 6) is -0.330. The Hall–Kier alpha value is -1.70. The minimum atomic E-state index is -0.295. The van der Waals surface area contributed by atoms with Crippen molar-refractivity contribution in [1.82, 2.24) is 0 Å². The number of ketones is 1. The fourth-order valence-corrected chi connectivity index (χ4v) is 1.40. The first kappa shape index (κ1) is 11.4. The van der Waals surface area contributed by atoms with Crippen molar-refractivity contribution in [2.75, 3.05) is 0 Å². The standard InChI is InChI=1S/C13H13FO/c1-4-13(10(3)15)9(2)11-5-7-12(14)8-6-11/h4-8H,2H2,1,3H3/b13-4+. The molecule has 0 radical (unpaired) electrons. The van der Waals surface area contributed by atoms with E-state index in [1.165, 1.54) is 19.1 Å². The Morgan fingerprint density at radius 1 is 1.33 bits per heavy atom. The zero-order valence-corrected chi connectivity index (χ0v) is 8.88. The number of hydrogen-bond acceptors (Lipinski definition) is 1. The van der Waals surface area contributed by atoms with Crippen LogP contribution in [0.5, 0.6) is 0 Å². The summed E-state index contributed by atoms with van der Waals surface area (Å²) in [6.45, 7) is 7.11. The fraction of sp³-hybridized carbons (Fsp3) is 0.154. The third kappa shape index (κ3) is 2.62. The molecule has 0 heterocycles. The normalized spacial score (nSPS) is 11.3. The topological polar surface area (TPSA) is 17.1 Å². The van der Waals surface area contributed by atoms with Gasteiger partial charge >= 0.3 is 0 Å². The average Bonchev–Trinajstić information content (AvgIpc) is 2.19. The van der Waals surface area contributed by atoms with E-state index in [9.17, 15) is 9.18 Å². The Balaban J connectivity index is 3.04. The summed E-state index contributed by atoms with van der Waals surface area (Å²) in [7, 11) is 0. The molecule has 15 heavy (non-hydrogen) atoms. The van der Waals surface area contributed by atoms with E-state index in [1.54, 1.807) is 25.1 Å². The quantitative estimate of drug-likeness (QED) is 0.545. The molecule has 2 heteroatoms. The summed E-state index contributed by atoms with van der Waals surface area (Å²) in [6, 6.07) is 5.94. The Morgan fingerprint density at radius 3 is 2.27 bits per heavy atom. The van der Waals surface area contributed by atoms with Gasteiger partial charge in [0.15, 0.2) is 5.78 Å². The van der Waals surface area contributed by atoms with Crippen molar-refractivity contribution in [2.45, 2.75) is 13.8 Å². The van der Waals surface area contributed by atoms with Crippen LogP contribution in [-0.4, -0.2) is 5.78 Å². The molecular formula is C13H13FO. The molecule has 1 rings (SSSR count). The molecule has 0 aliphatic heterocycles. The third-order valence-electron chi connectivity index (χ3n) is 2.19. The number of Topliss-reactive ketones (excluding diaryl/α,β-unsaturated/α-hetero) is 1. The first-order valence-corrected chi connectivity index (χ1v) is 4.68. The van der Waals surface area contributed by atoms with Gasteiger partial charge in [-0.05, 0) is 37.1 Å². The van der Waals surface area contributed by atoms with E-state index in [-0.39, 0.29) is 11.6 Å². The number of rotatable bonds is 3. The zero-order chi connectivity index (χ0) is 11.4. The molecule has 0 unspecified atom stereocenters. The maximum Gasteiger partial charge on any atom is 0.160 e. The zero-order valence-electron chi connectivity index (χ0n) is 8.88. The second kappa shape index (κ2) is 4.69. The monoisotopic (exact) mass is 204 g/mol. The van der Waals surface area contributed by atoms with Crippen LogP contribution in [0, 0.1) is 5.82 Å². The molecule has 0 atom stereocenters. The van der Waals surface area contributed by atoms with E-state index in [0.717, 1.165) is 5.56 Å². The molecule has 0 aliphatic carbocycles. The van der Waals surface area contributed by atoms with E-state index in [4.69, 9.17) is 0 Å². The maximum atomic E-state index is 12.7. The summed E-state index contributed by atoms with van der Waals surface area (Å²) in [5.41, 5.74) is 1.96.